The number of carbonyl (C=O) groups excluding carboxylic acids is 1. The summed E-state index contributed by atoms with van der Waals surface area (Å²) in [4.78, 5) is 32.0. The van der Waals surface area contributed by atoms with E-state index in [9.17, 15) is 9.59 Å². The average molecular weight is 327 g/mol. The second kappa shape index (κ2) is 7.85. The third-order valence-electron chi connectivity index (χ3n) is 3.08. The first-order chi connectivity index (χ1) is 11.5. The zero-order valence-corrected chi connectivity index (χ0v) is 13.1. The van der Waals surface area contributed by atoms with E-state index >= 15 is 0 Å². The molecule has 4 N–H and O–H groups in total. The summed E-state index contributed by atoms with van der Waals surface area (Å²) in [6, 6.07) is 2.79. The molecule has 0 aliphatic carbocycles. The number of nitrogens with zero attached hydrogens (tertiary/aromatic N) is 4. The van der Waals surface area contributed by atoms with Crippen molar-refractivity contribution in [1.29, 1.82) is 5.26 Å². The second-order valence-electron chi connectivity index (χ2n) is 5.05. The van der Waals surface area contributed by atoms with E-state index in [0.717, 1.165) is 5.56 Å². The fraction of sp³-hybridized carbons (Fsp3) is 0.267. The summed E-state index contributed by atoms with van der Waals surface area (Å²) >= 11 is 0. The van der Waals surface area contributed by atoms with Crippen LogP contribution in [0.15, 0.2) is 29.5 Å². The van der Waals surface area contributed by atoms with Crippen LogP contribution < -0.4 is 21.9 Å². The van der Waals surface area contributed by atoms with Crippen molar-refractivity contribution in [3.8, 4) is 6.07 Å². The van der Waals surface area contributed by atoms with Gasteiger partial charge in [-0.15, -0.1) is 0 Å². The van der Waals surface area contributed by atoms with Crippen LogP contribution in [0.1, 0.15) is 17.7 Å². The molecule has 0 aromatic carbocycles. The number of nitrogens with two attached hydrogens (primary N) is 1. The lowest BCUT2D eigenvalue weighted by molar-refractivity contribution is 0.262. The van der Waals surface area contributed by atoms with Gasteiger partial charge in [0.2, 0.25) is 0 Å². The maximum Gasteiger partial charge on any atom is 0.325 e. The maximum atomic E-state index is 12.3. The molecule has 9 heteroatoms. The number of rotatable bonds is 5. The van der Waals surface area contributed by atoms with Gasteiger partial charge in [-0.2, -0.15) is 5.26 Å². The molecule has 0 fully saturated rings. The Morgan fingerprint density at radius 3 is 2.79 bits per heavy atom. The Hall–Kier alpha value is -3.25. The number of pyridine rings is 1. The molecule has 0 spiro atoms. The van der Waals surface area contributed by atoms with Crippen molar-refractivity contribution < 1.29 is 4.79 Å². The van der Waals surface area contributed by atoms with Crippen LogP contribution in [0.2, 0.25) is 0 Å². The van der Waals surface area contributed by atoms with Crippen LogP contribution in [0.4, 0.5) is 16.3 Å². The Labute approximate surface area is 138 Å². The minimum Gasteiger partial charge on any atom is -0.330 e. The highest BCUT2D eigenvalue weighted by atomic mass is 16.2. The van der Waals surface area contributed by atoms with Gasteiger partial charge in [0, 0.05) is 12.7 Å². The Morgan fingerprint density at radius 1 is 1.38 bits per heavy atom. The van der Waals surface area contributed by atoms with E-state index in [2.05, 4.69) is 20.6 Å². The summed E-state index contributed by atoms with van der Waals surface area (Å²) in [5.41, 5.74) is 6.28. The van der Waals surface area contributed by atoms with Crippen molar-refractivity contribution in [2.75, 3.05) is 17.2 Å². The first-order valence-electron chi connectivity index (χ1n) is 7.25. The van der Waals surface area contributed by atoms with Gasteiger partial charge in [0.05, 0.1) is 12.4 Å². The third kappa shape index (κ3) is 4.37. The minimum atomic E-state index is -0.623. The van der Waals surface area contributed by atoms with Crippen molar-refractivity contribution in [2.45, 2.75) is 19.9 Å². The zero-order valence-electron chi connectivity index (χ0n) is 13.1. The lowest BCUT2D eigenvalue weighted by atomic mass is 10.2. The van der Waals surface area contributed by atoms with Crippen molar-refractivity contribution in [2.24, 2.45) is 5.73 Å². The topological polar surface area (TPSA) is 139 Å². The lowest BCUT2D eigenvalue weighted by Crippen LogP contribution is -2.29. The Morgan fingerprint density at radius 2 is 2.17 bits per heavy atom. The van der Waals surface area contributed by atoms with E-state index in [-0.39, 0.29) is 22.8 Å². The molecule has 0 bridgehead atoms. The molecular formula is C15H17N7O2. The van der Waals surface area contributed by atoms with E-state index in [4.69, 9.17) is 11.0 Å². The van der Waals surface area contributed by atoms with Gasteiger partial charge in [-0.25, -0.2) is 14.8 Å². The van der Waals surface area contributed by atoms with Crippen LogP contribution in [0.25, 0.3) is 0 Å². The molecule has 2 amide bonds. The van der Waals surface area contributed by atoms with Crippen molar-refractivity contribution in [1.82, 2.24) is 14.5 Å². The van der Waals surface area contributed by atoms with E-state index in [0.29, 0.717) is 19.5 Å². The van der Waals surface area contributed by atoms with Gasteiger partial charge in [-0.1, -0.05) is 0 Å². The van der Waals surface area contributed by atoms with Gasteiger partial charge in [0.15, 0.2) is 11.5 Å². The number of anilines is 2. The van der Waals surface area contributed by atoms with Crippen LogP contribution >= 0.6 is 0 Å². The SMILES string of the molecule is Cc1cc(NC(=O)Nc2cnc(C#N)cn2)c(=O)n(CCCN)c1. The molecule has 0 saturated carbocycles. The number of carbonyl (C=O) groups is 1. The first-order valence-corrected chi connectivity index (χ1v) is 7.25. The number of hydrogen-bond donors (Lipinski definition) is 3. The number of nitriles is 1. The standard InChI is InChI=1S/C15H17N7O2/c1-10-5-12(14(23)22(9-10)4-2-3-16)20-15(24)21-13-8-18-11(6-17)7-19-13/h5,7-9H,2-4,16H2,1H3,(H2,19,20,21,24). The largest absolute Gasteiger partial charge is 0.330 e. The fourth-order valence-electron chi connectivity index (χ4n) is 2.02. The van der Waals surface area contributed by atoms with Gasteiger partial charge in [-0.05, 0) is 31.5 Å². The molecule has 2 heterocycles. The molecule has 2 aromatic heterocycles. The average Bonchev–Trinajstić information content (AvgIpc) is 2.57. The number of nitrogens with one attached hydrogen (secondary N) is 2. The Balaban J connectivity index is 2.11. The summed E-state index contributed by atoms with van der Waals surface area (Å²) in [5, 5.41) is 13.6. The van der Waals surface area contributed by atoms with Crippen molar-refractivity contribution >= 4 is 17.5 Å². The van der Waals surface area contributed by atoms with Gasteiger partial charge < -0.3 is 15.6 Å². The predicted octanol–water partition coefficient (Wildman–Crippen LogP) is 0.811. The van der Waals surface area contributed by atoms with E-state index in [1.807, 2.05) is 13.0 Å². The zero-order chi connectivity index (χ0) is 17.5. The Bertz CT molecular complexity index is 821. The summed E-state index contributed by atoms with van der Waals surface area (Å²) in [5.74, 6) is 0.169. The molecule has 0 aliphatic rings. The highest BCUT2D eigenvalue weighted by Gasteiger charge is 2.10. The van der Waals surface area contributed by atoms with E-state index < -0.39 is 6.03 Å². The van der Waals surface area contributed by atoms with Gasteiger partial charge in [0.1, 0.15) is 11.8 Å². The predicted molar refractivity (Wildman–Crippen MR) is 88.5 cm³/mol. The quantitative estimate of drug-likeness (QED) is 0.742. The van der Waals surface area contributed by atoms with Crippen LogP contribution in [-0.2, 0) is 6.54 Å². The normalized spacial score (nSPS) is 10.0. The molecule has 124 valence electrons. The number of aryl methyl sites for hydroxylation is 2. The summed E-state index contributed by atoms with van der Waals surface area (Å²) in [7, 11) is 0. The van der Waals surface area contributed by atoms with Gasteiger partial charge >= 0.3 is 6.03 Å². The van der Waals surface area contributed by atoms with E-state index in [1.165, 1.54) is 17.0 Å². The maximum absolute atomic E-state index is 12.3. The van der Waals surface area contributed by atoms with Crippen LogP contribution in [-0.4, -0.2) is 27.1 Å². The summed E-state index contributed by atoms with van der Waals surface area (Å²) < 4.78 is 1.51. The fourth-order valence-corrected chi connectivity index (χ4v) is 2.02. The molecule has 2 rings (SSSR count). The molecule has 0 saturated heterocycles. The number of aromatic nitrogens is 3. The number of hydrogen-bond acceptors (Lipinski definition) is 6. The number of urea groups is 1. The molecule has 0 unspecified atom stereocenters. The van der Waals surface area contributed by atoms with Gasteiger partial charge in [0.25, 0.3) is 5.56 Å². The smallest absolute Gasteiger partial charge is 0.325 e. The molecule has 2 aromatic rings. The molecule has 0 atom stereocenters. The lowest BCUT2D eigenvalue weighted by Gasteiger charge is -2.11. The highest BCUT2D eigenvalue weighted by molar-refractivity contribution is 5.98. The van der Waals surface area contributed by atoms with E-state index in [1.54, 1.807) is 12.3 Å². The third-order valence-corrected chi connectivity index (χ3v) is 3.08. The second-order valence-corrected chi connectivity index (χ2v) is 5.05. The molecule has 24 heavy (non-hydrogen) atoms. The van der Waals surface area contributed by atoms with Gasteiger partial charge in [-0.3, -0.25) is 10.1 Å². The minimum absolute atomic E-state index is 0.141. The van der Waals surface area contributed by atoms with Crippen LogP contribution in [0.5, 0.6) is 0 Å². The monoisotopic (exact) mass is 327 g/mol. The first kappa shape index (κ1) is 17.1. The molecule has 0 aliphatic heterocycles. The summed E-state index contributed by atoms with van der Waals surface area (Å²) in [6.07, 6.45) is 4.87. The van der Waals surface area contributed by atoms with Crippen molar-refractivity contribution in [3.05, 3.63) is 46.3 Å². The highest BCUT2D eigenvalue weighted by Crippen LogP contribution is 2.06. The Kier molecular flexibility index (Phi) is 5.59. The van der Waals surface area contributed by atoms with Crippen LogP contribution in [0, 0.1) is 18.3 Å². The molecule has 9 nitrogen and oxygen atoms in total. The molecular weight excluding hydrogens is 310 g/mol. The molecule has 0 radical (unpaired) electrons. The summed E-state index contributed by atoms with van der Waals surface area (Å²) in [6.45, 7) is 2.78. The van der Waals surface area contributed by atoms with Crippen molar-refractivity contribution in [3.63, 3.8) is 0 Å². The number of amides is 2. The van der Waals surface area contributed by atoms with Crippen LogP contribution in [0.3, 0.4) is 0 Å².